The van der Waals surface area contributed by atoms with E-state index in [2.05, 4.69) is 15.2 Å². The Hall–Kier alpha value is -3.76. The first kappa shape index (κ1) is 24.0. The molecule has 11 heteroatoms. The van der Waals surface area contributed by atoms with Crippen LogP contribution >= 0.6 is 0 Å². The summed E-state index contributed by atoms with van der Waals surface area (Å²) in [6.45, 7) is 0.845. The average Bonchev–Trinajstić information content (AvgIpc) is 3.19. The largest absolute Gasteiger partial charge is 0.474 e. The van der Waals surface area contributed by atoms with Gasteiger partial charge >= 0.3 is 6.18 Å². The zero-order valence-corrected chi connectivity index (χ0v) is 19.2. The molecule has 0 saturated heterocycles. The van der Waals surface area contributed by atoms with Crippen molar-refractivity contribution in [2.24, 2.45) is 0 Å². The third-order valence-corrected chi connectivity index (χ3v) is 6.77. The molecule has 0 aliphatic heterocycles. The zero-order valence-electron chi connectivity index (χ0n) is 19.2. The summed E-state index contributed by atoms with van der Waals surface area (Å²) in [5, 5.41) is 8.62. The molecule has 2 aliphatic rings. The van der Waals surface area contributed by atoms with Gasteiger partial charge in [-0.3, -0.25) is 14.7 Å². The molecular weight excluding hydrogens is 480 g/mol. The molecule has 1 aromatic carbocycles. The Morgan fingerprint density at radius 2 is 2.06 bits per heavy atom. The third-order valence-electron chi connectivity index (χ3n) is 6.77. The molecule has 1 saturated carbocycles. The molecule has 5 rings (SSSR count). The van der Waals surface area contributed by atoms with Gasteiger partial charge in [0, 0.05) is 37.3 Å². The van der Waals surface area contributed by atoms with E-state index in [4.69, 9.17) is 4.74 Å². The van der Waals surface area contributed by atoms with Crippen LogP contribution in [-0.4, -0.2) is 45.2 Å². The van der Waals surface area contributed by atoms with Gasteiger partial charge in [-0.25, -0.2) is 9.37 Å². The van der Waals surface area contributed by atoms with Gasteiger partial charge < -0.3 is 10.1 Å². The summed E-state index contributed by atoms with van der Waals surface area (Å²) >= 11 is 0. The van der Waals surface area contributed by atoms with Gasteiger partial charge in [0.05, 0.1) is 17.1 Å². The van der Waals surface area contributed by atoms with Gasteiger partial charge in [-0.2, -0.15) is 18.3 Å². The van der Waals surface area contributed by atoms with Crippen LogP contribution in [0.25, 0.3) is 17.1 Å². The number of nitrogens with one attached hydrogen (secondary N) is 2. The molecule has 1 spiro atoms. The zero-order chi connectivity index (χ0) is 25.7. The number of ketones is 1. The molecule has 0 bridgehead atoms. The van der Waals surface area contributed by atoms with Gasteiger partial charge in [-0.05, 0) is 24.6 Å². The fraction of sp³-hybridized carbons (Fsp3) is 0.360. The number of halogens is 4. The molecule has 188 valence electrons. The van der Waals surface area contributed by atoms with E-state index in [1.807, 2.05) is 5.32 Å². The van der Waals surface area contributed by atoms with Gasteiger partial charge in [-0.15, -0.1) is 0 Å². The lowest BCUT2D eigenvalue weighted by molar-refractivity contribution is -0.157. The number of hydrogen-bond acceptors (Lipinski definition) is 5. The summed E-state index contributed by atoms with van der Waals surface area (Å²) in [6.07, 6.45) is -2.03. The molecule has 0 unspecified atom stereocenters. The number of carbonyl (C=O) groups excluding carboxylic acids is 2. The van der Waals surface area contributed by atoms with E-state index < -0.39 is 41.9 Å². The molecular formula is C25H22F4N4O3. The second kappa shape index (κ2) is 8.72. The number of alkyl halides is 3. The number of pyridine rings is 1. The lowest BCUT2D eigenvalue weighted by atomic mass is 9.59. The highest BCUT2D eigenvalue weighted by atomic mass is 19.4. The van der Waals surface area contributed by atoms with Crippen LogP contribution in [0.5, 0.6) is 5.88 Å². The second-order valence-electron chi connectivity index (χ2n) is 9.30. The van der Waals surface area contributed by atoms with Gasteiger partial charge in [0.25, 0.3) is 0 Å². The quantitative estimate of drug-likeness (QED) is 0.505. The number of hydrogen-bond donors (Lipinski definition) is 2. The molecule has 2 N–H and O–H groups in total. The number of aromatic nitrogens is 3. The second-order valence-corrected chi connectivity index (χ2v) is 9.30. The van der Waals surface area contributed by atoms with E-state index in [-0.39, 0.29) is 30.6 Å². The SMILES string of the molecule is C[C@H](NC(=O)CC1=Cc2cccc(F)c2C2(CC(Oc3ccc4[nH]ncc4n3)C2)C(=O)C1)C(F)(F)F. The fourth-order valence-corrected chi connectivity index (χ4v) is 4.93. The number of H-pyrrole nitrogens is 1. The van der Waals surface area contributed by atoms with Crippen LogP contribution in [0.2, 0.25) is 0 Å². The van der Waals surface area contributed by atoms with E-state index >= 15 is 4.39 Å². The first-order valence-electron chi connectivity index (χ1n) is 11.4. The van der Waals surface area contributed by atoms with Crippen LogP contribution in [0, 0.1) is 5.82 Å². The number of ether oxygens (including phenoxy) is 1. The lowest BCUT2D eigenvalue weighted by Crippen LogP contribution is -2.53. The van der Waals surface area contributed by atoms with Crippen LogP contribution in [0.1, 0.15) is 43.7 Å². The van der Waals surface area contributed by atoms with Crippen molar-refractivity contribution >= 4 is 28.8 Å². The molecule has 1 amide bonds. The Morgan fingerprint density at radius 1 is 1.28 bits per heavy atom. The number of benzene rings is 1. The number of fused-ring (bicyclic) bond motifs is 3. The number of Topliss-reactive ketones (excluding diaryl/α,β-unsaturated/α-hetero) is 1. The highest BCUT2D eigenvalue weighted by molar-refractivity contribution is 5.97. The molecule has 36 heavy (non-hydrogen) atoms. The number of carbonyl (C=O) groups is 2. The maximum atomic E-state index is 15.1. The molecule has 2 heterocycles. The first-order chi connectivity index (χ1) is 17.0. The minimum Gasteiger partial charge on any atom is -0.474 e. The normalized spacial score (nSPS) is 22.4. The predicted octanol–water partition coefficient (Wildman–Crippen LogP) is 4.39. The van der Waals surface area contributed by atoms with Crippen molar-refractivity contribution in [2.75, 3.05) is 0 Å². The Morgan fingerprint density at radius 3 is 2.81 bits per heavy atom. The molecule has 3 aromatic rings. The van der Waals surface area contributed by atoms with Gasteiger partial charge in [0.15, 0.2) is 0 Å². The molecule has 1 atom stereocenters. The first-order valence-corrected chi connectivity index (χ1v) is 11.4. The number of rotatable bonds is 5. The van der Waals surface area contributed by atoms with Crippen molar-refractivity contribution in [2.45, 2.75) is 56.3 Å². The maximum absolute atomic E-state index is 15.1. The summed E-state index contributed by atoms with van der Waals surface area (Å²) < 4.78 is 59.5. The van der Waals surface area contributed by atoms with E-state index in [0.29, 0.717) is 22.5 Å². The summed E-state index contributed by atoms with van der Waals surface area (Å²) in [7, 11) is 0. The van der Waals surface area contributed by atoms with Crippen molar-refractivity contribution in [1.29, 1.82) is 0 Å². The van der Waals surface area contributed by atoms with E-state index in [0.717, 1.165) is 12.4 Å². The number of nitrogens with zero attached hydrogens (tertiary/aromatic N) is 2. The van der Waals surface area contributed by atoms with Crippen LogP contribution in [0.4, 0.5) is 17.6 Å². The van der Waals surface area contributed by atoms with Crippen molar-refractivity contribution in [3.63, 3.8) is 0 Å². The van der Waals surface area contributed by atoms with Crippen molar-refractivity contribution in [1.82, 2.24) is 20.5 Å². The monoisotopic (exact) mass is 502 g/mol. The summed E-state index contributed by atoms with van der Waals surface area (Å²) in [6, 6.07) is 5.82. The molecule has 7 nitrogen and oxygen atoms in total. The highest BCUT2D eigenvalue weighted by Gasteiger charge is 2.55. The lowest BCUT2D eigenvalue weighted by Gasteiger charge is -2.46. The minimum absolute atomic E-state index is 0.173. The molecule has 1 fully saturated rings. The van der Waals surface area contributed by atoms with Crippen LogP contribution in [0.3, 0.4) is 0 Å². The van der Waals surface area contributed by atoms with Gasteiger partial charge in [-0.1, -0.05) is 23.8 Å². The Balaban J connectivity index is 1.35. The number of amides is 1. The highest BCUT2D eigenvalue weighted by Crippen LogP contribution is 2.51. The summed E-state index contributed by atoms with van der Waals surface area (Å²) in [4.78, 5) is 30.1. The van der Waals surface area contributed by atoms with Crippen LogP contribution < -0.4 is 10.1 Å². The Bertz CT molecular complexity index is 1380. The standard InChI is InChI=1S/C25H22F4N4O3/c1-13(25(27,28)29)31-21(35)9-14-7-15-3-2-4-17(26)23(15)24(20(34)8-14)10-16(11-24)36-22-6-5-18-19(32-22)12-30-33-18/h2-7,12-13,16H,8-11H2,1H3,(H,30,33)(H,31,35)/t13-,16?,24?/m0/s1. The van der Waals surface area contributed by atoms with Crippen molar-refractivity contribution < 1.29 is 31.9 Å². The predicted molar refractivity (Wildman–Crippen MR) is 121 cm³/mol. The Kier molecular flexibility index (Phi) is 5.80. The van der Waals surface area contributed by atoms with E-state index in [1.165, 1.54) is 18.2 Å². The molecule has 0 radical (unpaired) electrons. The van der Waals surface area contributed by atoms with Crippen molar-refractivity contribution in [3.05, 3.63) is 59.0 Å². The smallest absolute Gasteiger partial charge is 0.408 e. The van der Waals surface area contributed by atoms with Crippen LogP contribution in [0.15, 0.2) is 42.1 Å². The molecule has 2 aromatic heterocycles. The minimum atomic E-state index is -4.58. The van der Waals surface area contributed by atoms with E-state index in [9.17, 15) is 22.8 Å². The topological polar surface area (TPSA) is 97.0 Å². The Labute approximate surface area is 202 Å². The van der Waals surface area contributed by atoms with Gasteiger partial charge in [0.2, 0.25) is 11.8 Å². The maximum Gasteiger partial charge on any atom is 0.408 e. The summed E-state index contributed by atoms with van der Waals surface area (Å²) in [5.41, 5.74) is 1.20. The van der Waals surface area contributed by atoms with E-state index in [1.54, 1.807) is 24.4 Å². The van der Waals surface area contributed by atoms with Crippen LogP contribution in [-0.2, 0) is 15.0 Å². The summed E-state index contributed by atoms with van der Waals surface area (Å²) in [5.74, 6) is -1.35. The van der Waals surface area contributed by atoms with Gasteiger partial charge in [0.1, 0.15) is 29.3 Å². The average molecular weight is 502 g/mol. The third kappa shape index (κ3) is 4.33. The fourth-order valence-electron chi connectivity index (χ4n) is 4.93. The van der Waals surface area contributed by atoms with Crippen molar-refractivity contribution in [3.8, 4) is 5.88 Å². The molecule has 2 aliphatic carbocycles. The number of aromatic amines is 1.